The van der Waals surface area contributed by atoms with Gasteiger partial charge in [0.15, 0.2) is 0 Å². The minimum Gasteiger partial charge on any atom is -0.469 e. The molecule has 0 fully saturated rings. The number of hydrogen-bond donors (Lipinski definition) is 1. The summed E-state index contributed by atoms with van der Waals surface area (Å²) in [5.41, 5.74) is 4.07. The number of carbonyl (C=O) groups excluding carboxylic acids is 2. The lowest BCUT2D eigenvalue weighted by Crippen LogP contribution is -2.30. The highest BCUT2D eigenvalue weighted by atomic mass is 79.9. The molecule has 1 heterocycles. The van der Waals surface area contributed by atoms with Crippen LogP contribution in [0.4, 0.5) is 0 Å². The molecule has 1 amide bonds. The van der Waals surface area contributed by atoms with Crippen molar-refractivity contribution < 1.29 is 14.3 Å². The summed E-state index contributed by atoms with van der Waals surface area (Å²) in [7, 11) is 1.35. The second kappa shape index (κ2) is 10.6. The normalized spacial score (nSPS) is 12.1. The van der Waals surface area contributed by atoms with Crippen molar-refractivity contribution in [1.82, 2.24) is 15.1 Å². The van der Waals surface area contributed by atoms with Gasteiger partial charge in [-0.1, -0.05) is 41.9 Å². The number of nitrogens with zero attached hydrogens (tertiary/aromatic N) is 2. The van der Waals surface area contributed by atoms with Crippen LogP contribution in [-0.2, 0) is 27.3 Å². The first-order valence-corrected chi connectivity index (χ1v) is 10.6. The Morgan fingerprint density at radius 2 is 1.86 bits per heavy atom. The molecule has 29 heavy (non-hydrogen) atoms. The van der Waals surface area contributed by atoms with Crippen molar-refractivity contribution in [3.05, 3.63) is 51.3 Å². The average Bonchev–Trinajstić information content (AvgIpc) is 2.92. The minimum atomic E-state index is -0.422. The van der Waals surface area contributed by atoms with Gasteiger partial charge in [-0.05, 0) is 49.4 Å². The molecule has 0 spiro atoms. The molecule has 0 bridgehead atoms. The van der Waals surface area contributed by atoms with E-state index in [1.54, 1.807) is 0 Å². The highest BCUT2D eigenvalue weighted by Gasteiger charge is 2.20. The number of amides is 1. The summed E-state index contributed by atoms with van der Waals surface area (Å²) in [4.78, 5) is 24.5. The van der Waals surface area contributed by atoms with Gasteiger partial charge < -0.3 is 10.1 Å². The molecule has 0 aliphatic carbocycles. The van der Waals surface area contributed by atoms with Gasteiger partial charge in [0.2, 0.25) is 5.91 Å². The first-order valence-electron chi connectivity index (χ1n) is 9.85. The standard InChI is InChI=1S/C22H30BrN3O3/c1-14(2)13-26-16(4)19(15(3)25-26)10-11-21(27)24-20(12-22(28)29-5)17-6-8-18(23)9-7-17/h6-9,14,20H,10-13H2,1-5H3,(H,24,27). The minimum absolute atomic E-state index is 0.0915. The van der Waals surface area contributed by atoms with Gasteiger partial charge in [-0.3, -0.25) is 14.3 Å². The predicted molar refractivity (Wildman–Crippen MR) is 117 cm³/mol. The Kier molecular flexibility index (Phi) is 8.44. The molecule has 1 unspecified atom stereocenters. The topological polar surface area (TPSA) is 73.2 Å². The lowest BCUT2D eigenvalue weighted by Gasteiger charge is -2.18. The van der Waals surface area contributed by atoms with Crippen LogP contribution in [0.1, 0.15) is 55.2 Å². The number of halogens is 1. The third-order valence-electron chi connectivity index (χ3n) is 4.88. The molecular formula is C22H30BrN3O3. The van der Waals surface area contributed by atoms with E-state index in [1.165, 1.54) is 7.11 Å². The molecular weight excluding hydrogens is 434 g/mol. The summed E-state index contributed by atoms with van der Waals surface area (Å²) in [5.74, 6) is 0.0474. The molecule has 0 aliphatic heterocycles. The molecule has 2 aromatic rings. The van der Waals surface area contributed by atoms with Crippen LogP contribution in [0.5, 0.6) is 0 Å². The fraction of sp³-hybridized carbons (Fsp3) is 0.500. The Balaban J connectivity index is 2.05. The SMILES string of the molecule is COC(=O)CC(NC(=O)CCc1c(C)nn(CC(C)C)c1C)c1ccc(Br)cc1. The van der Waals surface area contributed by atoms with E-state index in [2.05, 4.69) is 47.1 Å². The number of benzene rings is 1. The molecule has 1 aromatic heterocycles. The fourth-order valence-electron chi connectivity index (χ4n) is 3.32. The van der Waals surface area contributed by atoms with E-state index in [9.17, 15) is 9.59 Å². The summed E-state index contributed by atoms with van der Waals surface area (Å²) in [5, 5.41) is 7.60. The van der Waals surface area contributed by atoms with Crippen LogP contribution in [0.25, 0.3) is 0 Å². The van der Waals surface area contributed by atoms with Crippen molar-refractivity contribution in [3.8, 4) is 0 Å². The fourth-order valence-corrected chi connectivity index (χ4v) is 3.59. The van der Waals surface area contributed by atoms with Crippen LogP contribution in [0.15, 0.2) is 28.7 Å². The van der Waals surface area contributed by atoms with E-state index in [4.69, 9.17) is 4.74 Å². The molecule has 6 nitrogen and oxygen atoms in total. The summed E-state index contributed by atoms with van der Waals surface area (Å²) >= 11 is 3.40. The van der Waals surface area contributed by atoms with E-state index >= 15 is 0 Å². The molecule has 0 saturated carbocycles. The van der Waals surface area contributed by atoms with Crippen LogP contribution in [0.2, 0.25) is 0 Å². The maximum atomic E-state index is 12.6. The average molecular weight is 464 g/mol. The molecule has 0 saturated heterocycles. The third-order valence-corrected chi connectivity index (χ3v) is 5.41. The van der Waals surface area contributed by atoms with Crippen LogP contribution in [0.3, 0.4) is 0 Å². The van der Waals surface area contributed by atoms with Gasteiger partial charge in [-0.2, -0.15) is 5.10 Å². The van der Waals surface area contributed by atoms with Gasteiger partial charge in [-0.25, -0.2) is 0 Å². The largest absolute Gasteiger partial charge is 0.469 e. The van der Waals surface area contributed by atoms with E-state index < -0.39 is 6.04 Å². The Labute approximate surface area is 181 Å². The summed E-state index contributed by atoms with van der Waals surface area (Å²) in [6.07, 6.45) is 1.05. The molecule has 1 N–H and O–H groups in total. The number of rotatable bonds is 9. The Morgan fingerprint density at radius 3 is 2.45 bits per heavy atom. The first-order chi connectivity index (χ1) is 13.7. The Bertz CT molecular complexity index is 844. The lowest BCUT2D eigenvalue weighted by atomic mass is 10.0. The molecule has 7 heteroatoms. The van der Waals surface area contributed by atoms with Crippen molar-refractivity contribution in [2.24, 2.45) is 5.92 Å². The monoisotopic (exact) mass is 463 g/mol. The van der Waals surface area contributed by atoms with Crippen molar-refractivity contribution in [3.63, 3.8) is 0 Å². The van der Waals surface area contributed by atoms with Crippen molar-refractivity contribution in [2.75, 3.05) is 7.11 Å². The molecule has 1 aromatic carbocycles. The van der Waals surface area contributed by atoms with E-state index in [1.807, 2.05) is 35.9 Å². The zero-order valence-electron chi connectivity index (χ0n) is 17.8. The van der Waals surface area contributed by atoms with E-state index in [0.717, 1.165) is 33.5 Å². The number of nitrogens with one attached hydrogen (secondary N) is 1. The predicted octanol–water partition coefficient (Wildman–Crippen LogP) is 4.27. The van der Waals surface area contributed by atoms with Crippen LogP contribution < -0.4 is 5.32 Å². The number of esters is 1. The van der Waals surface area contributed by atoms with Crippen LogP contribution in [-0.4, -0.2) is 28.8 Å². The Morgan fingerprint density at radius 1 is 1.21 bits per heavy atom. The molecule has 0 aliphatic rings. The number of hydrogen-bond acceptors (Lipinski definition) is 4. The van der Waals surface area contributed by atoms with Gasteiger partial charge in [0.1, 0.15) is 0 Å². The van der Waals surface area contributed by atoms with Gasteiger partial charge in [0.05, 0.1) is 25.3 Å². The summed E-state index contributed by atoms with van der Waals surface area (Å²) in [6.45, 7) is 9.22. The van der Waals surface area contributed by atoms with Crippen molar-refractivity contribution in [1.29, 1.82) is 0 Å². The highest BCUT2D eigenvalue weighted by Crippen LogP contribution is 2.21. The van der Waals surface area contributed by atoms with Crippen molar-refractivity contribution in [2.45, 2.75) is 59.5 Å². The quantitative estimate of drug-likeness (QED) is 0.563. The highest BCUT2D eigenvalue weighted by molar-refractivity contribution is 9.10. The number of aromatic nitrogens is 2. The maximum Gasteiger partial charge on any atom is 0.307 e. The first kappa shape index (κ1) is 23.1. The second-order valence-corrected chi connectivity index (χ2v) is 8.59. The molecule has 1 atom stereocenters. The number of carbonyl (C=O) groups is 2. The third kappa shape index (κ3) is 6.70. The summed E-state index contributed by atoms with van der Waals surface area (Å²) < 4.78 is 7.75. The van der Waals surface area contributed by atoms with Gasteiger partial charge in [0.25, 0.3) is 0 Å². The van der Waals surface area contributed by atoms with Gasteiger partial charge in [-0.15, -0.1) is 0 Å². The molecule has 0 radical (unpaired) electrons. The molecule has 2 rings (SSSR count). The van der Waals surface area contributed by atoms with Crippen LogP contribution >= 0.6 is 15.9 Å². The lowest BCUT2D eigenvalue weighted by molar-refractivity contribution is -0.141. The zero-order chi connectivity index (χ0) is 21.6. The summed E-state index contributed by atoms with van der Waals surface area (Å²) in [6, 6.07) is 7.14. The molecule has 158 valence electrons. The van der Waals surface area contributed by atoms with Crippen molar-refractivity contribution >= 4 is 27.8 Å². The number of aryl methyl sites for hydroxylation is 1. The smallest absolute Gasteiger partial charge is 0.307 e. The van der Waals surface area contributed by atoms with Gasteiger partial charge in [0, 0.05) is 23.1 Å². The zero-order valence-corrected chi connectivity index (χ0v) is 19.4. The van der Waals surface area contributed by atoms with E-state index in [-0.39, 0.29) is 18.3 Å². The van der Waals surface area contributed by atoms with Gasteiger partial charge >= 0.3 is 5.97 Å². The van der Waals surface area contributed by atoms with Crippen LogP contribution in [0, 0.1) is 19.8 Å². The Hall–Kier alpha value is -2.15. The maximum absolute atomic E-state index is 12.6. The second-order valence-electron chi connectivity index (χ2n) is 7.68. The van der Waals surface area contributed by atoms with E-state index in [0.29, 0.717) is 18.8 Å². The number of ether oxygens (including phenoxy) is 1. The number of methoxy groups -OCH3 is 1.